The van der Waals surface area contributed by atoms with E-state index in [0.717, 1.165) is 30.6 Å². The van der Waals surface area contributed by atoms with Crippen molar-refractivity contribution in [3.05, 3.63) is 35.9 Å². The highest BCUT2D eigenvalue weighted by Crippen LogP contribution is 2.38. The van der Waals surface area contributed by atoms with Crippen molar-refractivity contribution in [1.29, 1.82) is 0 Å². The van der Waals surface area contributed by atoms with Crippen LogP contribution >= 0.6 is 0 Å². The molecule has 3 heterocycles. The number of aryl methyl sites for hydroxylation is 2. The summed E-state index contributed by atoms with van der Waals surface area (Å²) in [5.41, 5.74) is 1.93. The van der Waals surface area contributed by atoms with E-state index in [-0.39, 0.29) is 18.1 Å². The maximum atomic E-state index is 12.9. The van der Waals surface area contributed by atoms with Gasteiger partial charge in [0.25, 0.3) is 5.91 Å². The molecule has 1 saturated carbocycles. The predicted octanol–water partition coefficient (Wildman–Crippen LogP) is 2.09. The molecule has 1 amide bonds. The average molecular weight is 358 g/mol. The number of ether oxygens (including phenoxy) is 2. The van der Waals surface area contributed by atoms with Crippen molar-refractivity contribution in [3.63, 3.8) is 0 Å². The van der Waals surface area contributed by atoms with Crippen LogP contribution in [0.2, 0.25) is 0 Å². The normalized spacial score (nSPS) is 23.0. The molecule has 2 aromatic rings. The standard InChI is InChI=1S/C19H26N4O3/c1-3-23-10-14(9-20-23)26-17-12-25-11-16(17)21-19(24)15-7-8-22(2)18(15)13-5-4-6-13/h7-10,13,16-17H,3-6,11-12H2,1-2H3,(H,21,24)/t16-,17+/m0/s1. The van der Waals surface area contributed by atoms with Crippen LogP contribution in [-0.4, -0.2) is 45.6 Å². The van der Waals surface area contributed by atoms with Gasteiger partial charge >= 0.3 is 0 Å². The van der Waals surface area contributed by atoms with Gasteiger partial charge in [-0.2, -0.15) is 5.10 Å². The Morgan fingerprint density at radius 1 is 1.42 bits per heavy atom. The van der Waals surface area contributed by atoms with E-state index >= 15 is 0 Å². The first-order valence-electron chi connectivity index (χ1n) is 9.38. The molecule has 140 valence electrons. The van der Waals surface area contributed by atoms with E-state index in [0.29, 0.717) is 24.9 Å². The summed E-state index contributed by atoms with van der Waals surface area (Å²) < 4.78 is 15.4. The molecule has 0 spiro atoms. The van der Waals surface area contributed by atoms with Crippen LogP contribution in [0, 0.1) is 0 Å². The number of carbonyl (C=O) groups excluding carboxylic acids is 1. The van der Waals surface area contributed by atoms with Crippen molar-refractivity contribution in [3.8, 4) is 5.75 Å². The van der Waals surface area contributed by atoms with E-state index in [2.05, 4.69) is 15.0 Å². The van der Waals surface area contributed by atoms with E-state index in [1.807, 2.05) is 37.1 Å². The molecule has 7 heteroatoms. The summed E-state index contributed by atoms with van der Waals surface area (Å²) in [5, 5.41) is 7.33. The van der Waals surface area contributed by atoms with Crippen molar-refractivity contribution in [1.82, 2.24) is 19.7 Å². The number of rotatable bonds is 6. The van der Waals surface area contributed by atoms with Gasteiger partial charge in [-0.3, -0.25) is 9.48 Å². The van der Waals surface area contributed by atoms with E-state index < -0.39 is 0 Å². The maximum absolute atomic E-state index is 12.9. The number of aromatic nitrogens is 3. The Balaban J connectivity index is 1.43. The number of carbonyl (C=O) groups is 1. The second-order valence-corrected chi connectivity index (χ2v) is 7.16. The highest BCUT2D eigenvalue weighted by Gasteiger charge is 2.34. The van der Waals surface area contributed by atoms with Crippen molar-refractivity contribution in [2.45, 2.75) is 50.8 Å². The first kappa shape index (κ1) is 17.1. The summed E-state index contributed by atoms with van der Waals surface area (Å²) in [7, 11) is 2.01. The molecule has 0 radical (unpaired) electrons. The Kier molecular flexibility index (Phi) is 4.72. The molecule has 2 fully saturated rings. The minimum atomic E-state index is -0.204. The molecule has 0 aromatic carbocycles. The van der Waals surface area contributed by atoms with Crippen LogP contribution in [-0.2, 0) is 18.3 Å². The van der Waals surface area contributed by atoms with Gasteiger partial charge in [-0.15, -0.1) is 0 Å². The van der Waals surface area contributed by atoms with Crippen LogP contribution in [0.4, 0.5) is 0 Å². The van der Waals surface area contributed by atoms with E-state index in [1.165, 1.54) is 6.42 Å². The topological polar surface area (TPSA) is 70.3 Å². The highest BCUT2D eigenvalue weighted by molar-refractivity contribution is 5.96. The third-order valence-corrected chi connectivity index (χ3v) is 5.42. The molecule has 0 unspecified atom stereocenters. The summed E-state index contributed by atoms with van der Waals surface area (Å²) in [6.07, 6.45) is 8.91. The number of hydrogen-bond donors (Lipinski definition) is 1. The quantitative estimate of drug-likeness (QED) is 0.858. The van der Waals surface area contributed by atoms with E-state index in [1.54, 1.807) is 6.20 Å². The van der Waals surface area contributed by atoms with Gasteiger partial charge < -0.3 is 19.4 Å². The lowest BCUT2D eigenvalue weighted by molar-refractivity contribution is 0.0901. The van der Waals surface area contributed by atoms with Gasteiger partial charge in [0.1, 0.15) is 6.10 Å². The fraction of sp³-hybridized carbons (Fsp3) is 0.579. The summed E-state index contributed by atoms with van der Waals surface area (Å²) in [5.74, 6) is 1.17. The Morgan fingerprint density at radius 2 is 2.27 bits per heavy atom. The molecule has 2 aromatic heterocycles. The zero-order valence-electron chi connectivity index (χ0n) is 15.4. The van der Waals surface area contributed by atoms with Gasteiger partial charge in [0, 0.05) is 25.5 Å². The second kappa shape index (κ2) is 7.15. The summed E-state index contributed by atoms with van der Waals surface area (Å²) in [4.78, 5) is 12.9. The second-order valence-electron chi connectivity index (χ2n) is 7.16. The molecule has 2 atom stereocenters. The van der Waals surface area contributed by atoms with Crippen LogP contribution in [0.3, 0.4) is 0 Å². The maximum Gasteiger partial charge on any atom is 0.253 e. The molecule has 1 N–H and O–H groups in total. The minimum Gasteiger partial charge on any atom is -0.482 e. The van der Waals surface area contributed by atoms with Crippen molar-refractivity contribution < 1.29 is 14.3 Å². The van der Waals surface area contributed by atoms with Crippen molar-refractivity contribution in [2.75, 3.05) is 13.2 Å². The van der Waals surface area contributed by atoms with Crippen molar-refractivity contribution in [2.24, 2.45) is 7.05 Å². The van der Waals surface area contributed by atoms with Crippen LogP contribution in [0.15, 0.2) is 24.7 Å². The van der Waals surface area contributed by atoms with E-state index in [9.17, 15) is 4.79 Å². The van der Waals surface area contributed by atoms with Crippen LogP contribution in [0.5, 0.6) is 5.75 Å². The lowest BCUT2D eigenvalue weighted by atomic mass is 9.81. The Bertz CT molecular complexity index is 778. The third kappa shape index (κ3) is 3.23. The molecular formula is C19H26N4O3. The smallest absolute Gasteiger partial charge is 0.253 e. The molecule has 26 heavy (non-hydrogen) atoms. The van der Waals surface area contributed by atoms with Gasteiger partial charge in [0.15, 0.2) is 5.75 Å². The lowest BCUT2D eigenvalue weighted by Crippen LogP contribution is -2.45. The zero-order chi connectivity index (χ0) is 18.1. The predicted molar refractivity (Wildman–Crippen MR) is 96.4 cm³/mol. The fourth-order valence-corrected chi connectivity index (χ4v) is 3.71. The Labute approximate surface area is 153 Å². The Hall–Kier alpha value is -2.28. The lowest BCUT2D eigenvalue weighted by Gasteiger charge is -2.27. The van der Waals surface area contributed by atoms with Gasteiger partial charge in [0.05, 0.1) is 37.2 Å². The SMILES string of the molecule is CCn1cc(O[C@@H]2COC[C@@H]2NC(=O)c2ccn(C)c2C2CCC2)cn1. The zero-order valence-corrected chi connectivity index (χ0v) is 15.4. The number of nitrogens with one attached hydrogen (secondary N) is 1. The van der Waals surface area contributed by atoms with Crippen LogP contribution in [0.1, 0.15) is 48.2 Å². The Morgan fingerprint density at radius 3 is 2.96 bits per heavy atom. The molecule has 4 rings (SSSR count). The first-order chi connectivity index (χ1) is 12.7. The summed E-state index contributed by atoms with van der Waals surface area (Å²) in [6.45, 7) is 3.75. The number of hydrogen-bond acceptors (Lipinski definition) is 4. The minimum absolute atomic E-state index is 0.0409. The molecule has 0 bridgehead atoms. The largest absolute Gasteiger partial charge is 0.482 e. The molecule has 1 saturated heterocycles. The summed E-state index contributed by atoms with van der Waals surface area (Å²) in [6, 6.07) is 1.75. The monoisotopic (exact) mass is 358 g/mol. The highest BCUT2D eigenvalue weighted by atomic mass is 16.5. The molecule has 1 aliphatic carbocycles. The third-order valence-electron chi connectivity index (χ3n) is 5.42. The molecular weight excluding hydrogens is 332 g/mol. The molecule has 2 aliphatic rings. The first-order valence-corrected chi connectivity index (χ1v) is 9.38. The molecule has 7 nitrogen and oxygen atoms in total. The van der Waals surface area contributed by atoms with Gasteiger partial charge in [0.2, 0.25) is 0 Å². The van der Waals surface area contributed by atoms with Crippen molar-refractivity contribution >= 4 is 5.91 Å². The molecule has 1 aliphatic heterocycles. The number of nitrogens with zero attached hydrogens (tertiary/aromatic N) is 3. The average Bonchev–Trinajstić information content (AvgIpc) is 3.29. The van der Waals surface area contributed by atoms with Gasteiger partial charge in [-0.25, -0.2) is 0 Å². The van der Waals surface area contributed by atoms with Gasteiger partial charge in [-0.1, -0.05) is 6.42 Å². The fourth-order valence-electron chi connectivity index (χ4n) is 3.71. The van der Waals surface area contributed by atoms with E-state index in [4.69, 9.17) is 9.47 Å². The number of amides is 1. The van der Waals surface area contributed by atoms with Gasteiger partial charge in [-0.05, 0) is 31.7 Å². The van der Waals surface area contributed by atoms with Crippen LogP contribution in [0.25, 0.3) is 0 Å². The van der Waals surface area contributed by atoms with Crippen LogP contribution < -0.4 is 10.1 Å². The summed E-state index contributed by atoms with van der Waals surface area (Å²) >= 11 is 0.